The average Bonchev–Trinajstić information content (AvgIpc) is 3.20. The van der Waals surface area contributed by atoms with Gasteiger partial charge in [0, 0.05) is 12.1 Å². The Morgan fingerprint density at radius 3 is 2.72 bits per heavy atom. The van der Waals surface area contributed by atoms with Crippen molar-refractivity contribution in [2.24, 2.45) is 0 Å². The van der Waals surface area contributed by atoms with E-state index in [0.717, 1.165) is 35.5 Å². The molecular formula is C20H18N2O3. The van der Waals surface area contributed by atoms with Gasteiger partial charge in [-0.05, 0) is 42.3 Å². The lowest BCUT2D eigenvalue weighted by Crippen LogP contribution is -2.34. The van der Waals surface area contributed by atoms with Crippen molar-refractivity contribution >= 4 is 5.70 Å². The first kappa shape index (κ1) is 15.4. The van der Waals surface area contributed by atoms with Gasteiger partial charge in [-0.3, -0.25) is 0 Å². The fraction of sp³-hybridized carbons (Fsp3) is 0.250. The number of ether oxygens (including phenoxy) is 2. The Kier molecular flexibility index (Phi) is 3.73. The first-order valence-corrected chi connectivity index (χ1v) is 8.14. The molecule has 2 aliphatic rings. The number of hydrogen-bond acceptors (Lipinski definition) is 5. The molecule has 25 heavy (non-hydrogen) atoms. The first-order chi connectivity index (χ1) is 12.3. The Bertz CT molecular complexity index is 904. The van der Waals surface area contributed by atoms with Gasteiger partial charge in [-0.2, -0.15) is 5.26 Å². The minimum atomic E-state index is -0.0108. The van der Waals surface area contributed by atoms with Gasteiger partial charge in [0.1, 0.15) is 17.9 Å². The molecule has 0 radical (unpaired) electrons. The molecule has 2 aliphatic heterocycles. The van der Waals surface area contributed by atoms with Crippen LogP contribution in [-0.2, 0) is 6.42 Å². The molecule has 0 N–H and O–H groups in total. The van der Waals surface area contributed by atoms with Gasteiger partial charge >= 0.3 is 0 Å². The molecule has 0 amide bonds. The van der Waals surface area contributed by atoms with Crippen LogP contribution in [0.25, 0.3) is 5.70 Å². The quantitative estimate of drug-likeness (QED) is 0.856. The highest BCUT2D eigenvalue weighted by Gasteiger charge is 2.33. The highest BCUT2D eigenvalue weighted by Crippen LogP contribution is 2.44. The van der Waals surface area contributed by atoms with Crippen LogP contribution in [0.5, 0.6) is 11.5 Å². The molecule has 0 aliphatic carbocycles. The van der Waals surface area contributed by atoms with E-state index in [4.69, 9.17) is 13.9 Å². The summed E-state index contributed by atoms with van der Waals surface area (Å²) in [6.07, 6.45) is 6.44. The van der Waals surface area contributed by atoms with Gasteiger partial charge in [-0.15, -0.1) is 0 Å². The lowest BCUT2D eigenvalue weighted by Gasteiger charge is -2.40. The summed E-state index contributed by atoms with van der Waals surface area (Å²) in [7, 11) is 3.26. The third kappa shape index (κ3) is 2.38. The van der Waals surface area contributed by atoms with E-state index in [0.29, 0.717) is 17.1 Å². The molecule has 1 aromatic carbocycles. The van der Waals surface area contributed by atoms with Gasteiger partial charge in [-0.25, -0.2) is 0 Å². The summed E-state index contributed by atoms with van der Waals surface area (Å²) in [6, 6.07) is 10.1. The summed E-state index contributed by atoms with van der Waals surface area (Å²) in [5.41, 5.74) is 3.75. The van der Waals surface area contributed by atoms with E-state index in [1.807, 2.05) is 36.4 Å². The van der Waals surface area contributed by atoms with Gasteiger partial charge in [-0.1, -0.05) is 6.08 Å². The van der Waals surface area contributed by atoms with Crippen LogP contribution in [0.2, 0.25) is 0 Å². The van der Waals surface area contributed by atoms with Crippen molar-refractivity contribution in [2.45, 2.75) is 12.5 Å². The Morgan fingerprint density at radius 2 is 2.04 bits per heavy atom. The third-order valence-corrected chi connectivity index (χ3v) is 4.76. The summed E-state index contributed by atoms with van der Waals surface area (Å²) in [5, 5.41) is 9.63. The third-order valence-electron chi connectivity index (χ3n) is 4.76. The predicted molar refractivity (Wildman–Crippen MR) is 93.1 cm³/mol. The topological polar surface area (TPSA) is 58.6 Å². The minimum Gasteiger partial charge on any atom is -0.493 e. The number of hydrogen-bond donors (Lipinski definition) is 0. The second kappa shape index (κ2) is 6.06. The van der Waals surface area contributed by atoms with Crippen LogP contribution in [0.4, 0.5) is 0 Å². The van der Waals surface area contributed by atoms with Gasteiger partial charge in [0.25, 0.3) is 0 Å². The van der Waals surface area contributed by atoms with Crippen molar-refractivity contribution in [1.82, 2.24) is 4.90 Å². The number of nitriles is 1. The summed E-state index contributed by atoms with van der Waals surface area (Å²) in [6.45, 7) is 0.804. The minimum absolute atomic E-state index is 0.0108. The molecule has 0 spiro atoms. The Balaban J connectivity index is 1.88. The van der Waals surface area contributed by atoms with Gasteiger partial charge < -0.3 is 18.8 Å². The normalized spacial score (nSPS) is 18.4. The second-order valence-corrected chi connectivity index (χ2v) is 6.00. The van der Waals surface area contributed by atoms with Crippen LogP contribution < -0.4 is 9.47 Å². The smallest absolute Gasteiger partial charge is 0.161 e. The Labute approximate surface area is 146 Å². The van der Waals surface area contributed by atoms with Crippen molar-refractivity contribution < 1.29 is 13.9 Å². The van der Waals surface area contributed by atoms with Crippen LogP contribution in [-0.4, -0.2) is 25.7 Å². The number of furan rings is 1. The Morgan fingerprint density at radius 1 is 1.24 bits per heavy atom. The van der Waals surface area contributed by atoms with E-state index in [1.165, 1.54) is 0 Å². The molecular weight excluding hydrogens is 316 g/mol. The van der Waals surface area contributed by atoms with Gasteiger partial charge in [0.15, 0.2) is 11.5 Å². The van der Waals surface area contributed by atoms with Crippen molar-refractivity contribution in [3.05, 3.63) is 65.1 Å². The lowest BCUT2D eigenvalue weighted by molar-refractivity contribution is 0.293. The number of rotatable bonds is 3. The SMILES string of the molecule is COc1cc2c(cc1OC)C1=C(C#N)C=CC(c3ccco3)N1CC2. The lowest BCUT2D eigenvalue weighted by atomic mass is 9.89. The molecule has 1 unspecified atom stereocenters. The highest BCUT2D eigenvalue weighted by atomic mass is 16.5. The molecule has 1 atom stereocenters. The van der Waals surface area contributed by atoms with Crippen LogP contribution in [0.1, 0.15) is 22.9 Å². The second-order valence-electron chi connectivity index (χ2n) is 6.00. The maximum atomic E-state index is 9.63. The van der Waals surface area contributed by atoms with Crippen molar-refractivity contribution in [3.63, 3.8) is 0 Å². The van der Waals surface area contributed by atoms with E-state index in [2.05, 4.69) is 11.0 Å². The number of methoxy groups -OCH3 is 2. The molecule has 1 aromatic heterocycles. The van der Waals surface area contributed by atoms with Crippen LogP contribution >= 0.6 is 0 Å². The molecule has 4 rings (SSSR count). The van der Waals surface area contributed by atoms with E-state index >= 15 is 0 Å². The summed E-state index contributed by atoms with van der Waals surface area (Å²) in [4.78, 5) is 2.23. The standard InChI is InChI=1S/C20H18N2O3/c1-23-18-10-13-7-8-22-16(17-4-3-9-25-17)6-5-14(12-21)20(22)15(13)11-19(18)24-2/h3-6,9-11,16H,7-8H2,1-2H3. The number of fused-ring (bicyclic) bond motifs is 3. The van der Waals surface area contributed by atoms with Crippen molar-refractivity contribution in [1.29, 1.82) is 5.26 Å². The zero-order valence-corrected chi connectivity index (χ0v) is 14.2. The number of benzene rings is 1. The molecule has 0 fully saturated rings. The van der Waals surface area contributed by atoms with Crippen LogP contribution in [0, 0.1) is 11.3 Å². The van der Waals surface area contributed by atoms with Crippen LogP contribution in [0.3, 0.4) is 0 Å². The average molecular weight is 334 g/mol. The zero-order valence-electron chi connectivity index (χ0n) is 14.2. The summed E-state index contributed by atoms with van der Waals surface area (Å²) < 4.78 is 16.5. The van der Waals surface area contributed by atoms with E-state index < -0.39 is 0 Å². The number of allylic oxidation sites excluding steroid dienone is 2. The molecule has 5 nitrogen and oxygen atoms in total. The molecule has 0 bridgehead atoms. The van der Waals surface area contributed by atoms with E-state index in [9.17, 15) is 5.26 Å². The predicted octanol–water partition coefficient (Wildman–Crippen LogP) is 3.70. The first-order valence-electron chi connectivity index (χ1n) is 8.14. The Hall–Kier alpha value is -3.13. The molecule has 0 saturated carbocycles. The van der Waals surface area contributed by atoms with Gasteiger partial charge in [0.2, 0.25) is 0 Å². The molecule has 0 saturated heterocycles. The van der Waals surface area contributed by atoms with Crippen LogP contribution in [0.15, 0.2) is 52.7 Å². The number of nitrogens with zero attached hydrogens (tertiary/aromatic N) is 2. The van der Waals surface area contributed by atoms with Crippen molar-refractivity contribution in [2.75, 3.05) is 20.8 Å². The van der Waals surface area contributed by atoms with E-state index in [1.54, 1.807) is 20.5 Å². The molecule has 2 aromatic rings. The molecule has 3 heterocycles. The zero-order chi connectivity index (χ0) is 17.4. The fourth-order valence-electron chi connectivity index (χ4n) is 3.60. The summed E-state index contributed by atoms with van der Waals surface area (Å²) in [5.74, 6) is 2.24. The maximum absolute atomic E-state index is 9.63. The summed E-state index contributed by atoms with van der Waals surface area (Å²) >= 11 is 0. The fourth-order valence-corrected chi connectivity index (χ4v) is 3.60. The van der Waals surface area contributed by atoms with Gasteiger partial charge in [0.05, 0.1) is 31.8 Å². The molecule has 126 valence electrons. The largest absolute Gasteiger partial charge is 0.493 e. The maximum Gasteiger partial charge on any atom is 0.161 e. The van der Waals surface area contributed by atoms with Crippen molar-refractivity contribution in [3.8, 4) is 17.6 Å². The highest BCUT2D eigenvalue weighted by molar-refractivity contribution is 5.79. The molecule has 5 heteroatoms. The monoisotopic (exact) mass is 334 g/mol. The van der Waals surface area contributed by atoms with E-state index in [-0.39, 0.29) is 6.04 Å².